The minimum absolute atomic E-state index is 0.0849. The lowest BCUT2D eigenvalue weighted by molar-refractivity contribution is -0.144. The Labute approximate surface area is 293 Å². The molecule has 2 aromatic carbocycles. The Morgan fingerprint density at radius 3 is 2.06 bits per heavy atom. The molecule has 0 saturated carbocycles. The van der Waals surface area contributed by atoms with E-state index in [1.165, 1.54) is 19.2 Å². The normalized spacial score (nSPS) is 11.2. The molecule has 0 fully saturated rings. The molecule has 0 aliphatic heterocycles. The third-order valence-electron chi connectivity index (χ3n) is 5.20. The molecule has 0 aliphatic rings. The van der Waals surface area contributed by atoms with Gasteiger partial charge in [0.05, 0.1) is 51.1 Å². The lowest BCUT2D eigenvalue weighted by Gasteiger charge is -2.11. The van der Waals surface area contributed by atoms with Crippen LogP contribution in [0.15, 0.2) is 28.7 Å². The molecule has 0 unspecified atom stereocenters. The van der Waals surface area contributed by atoms with E-state index in [0.717, 1.165) is 19.2 Å². The number of aliphatic carboxylic acids is 1. The summed E-state index contributed by atoms with van der Waals surface area (Å²) in [7, 11) is -1.68. The number of carboxylic acid groups (broad SMARTS) is 2. The van der Waals surface area contributed by atoms with Crippen molar-refractivity contribution >= 4 is 76.2 Å². The summed E-state index contributed by atoms with van der Waals surface area (Å²) in [6.45, 7) is 2.79. The molecule has 3 aromatic rings. The third-order valence-corrected chi connectivity index (χ3v) is 7.52. The number of benzene rings is 2. The number of hydrogen-bond donors (Lipinski definition) is 5. The smallest absolute Gasteiger partial charge is 0.434 e. The first-order chi connectivity index (χ1) is 21.9. The van der Waals surface area contributed by atoms with Gasteiger partial charge in [0.2, 0.25) is 0 Å². The van der Waals surface area contributed by atoms with E-state index in [9.17, 15) is 36.5 Å². The molecule has 5 N–H and O–H groups in total. The summed E-state index contributed by atoms with van der Waals surface area (Å²) in [6.07, 6.45) is -5.74. The summed E-state index contributed by atoms with van der Waals surface area (Å²) in [5.41, 5.74) is -1.97. The maximum absolute atomic E-state index is 14.3. The van der Waals surface area contributed by atoms with Gasteiger partial charge in [0.25, 0.3) is 0 Å². The maximum atomic E-state index is 14.3. The lowest BCUT2D eigenvalue weighted by atomic mass is 10.1. The lowest BCUT2D eigenvalue weighted by Crippen LogP contribution is -2.23. The first-order valence-corrected chi connectivity index (χ1v) is 16.4. The molecule has 0 saturated heterocycles. The van der Waals surface area contributed by atoms with E-state index in [1.54, 1.807) is 13.8 Å². The molecule has 13 nitrogen and oxygen atoms in total. The molecule has 48 heavy (non-hydrogen) atoms. The highest BCUT2D eigenvalue weighted by Gasteiger charge is 2.39. The van der Waals surface area contributed by atoms with E-state index < -0.39 is 66.6 Å². The van der Waals surface area contributed by atoms with Crippen molar-refractivity contribution in [1.82, 2.24) is 15.1 Å². The summed E-state index contributed by atoms with van der Waals surface area (Å²) < 4.78 is 73.5. The number of ether oxygens (including phenoxy) is 2. The number of aromatic carboxylic acids is 1. The second kappa shape index (κ2) is 18.2. The van der Waals surface area contributed by atoms with E-state index in [-0.39, 0.29) is 43.2 Å². The first-order valence-electron chi connectivity index (χ1n) is 12.6. The second-order valence-corrected chi connectivity index (χ2v) is 12.9. The monoisotopic (exact) mass is 831 g/mol. The van der Waals surface area contributed by atoms with Crippen LogP contribution < -0.4 is 10.1 Å². The van der Waals surface area contributed by atoms with Crippen LogP contribution in [0.1, 0.15) is 40.3 Å². The molecular weight excluding hydrogens is 808 g/mol. The van der Waals surface area contributed by atoms with Crippen LogP contribution in [0.3, 0.4) is 0 Å². The Morgan fingerprint density at radius 1 is 1.08 bits per heavy atom. The first kappa shape index (κ1) is 43.1. The molecule has 22 heteroatoms. The Hall–Kier alpha value is -2.96. The molecule has 0 spiro atoms. The van der Waals surface area contributed by atoms with Crippen molar-refractivity contribution in [3.8, 4) is 17.0 Å². The number of methoxy groups -OCH3 is 1. The number of aromatic nitrogens is 2. The predicted octanol–water partition coefficient (Wildman–Crippen LogP) is 6.72. The highest BCUT2D eigenvalue weighted by Crippen LogP contribution is 2.41. The van der Waals surface area contributed by atoms with Crippen LogP contribution >= 0.6 is 58.3 Å². The van der Waals surface area contributed by atoms with E-state index in [4.69, 9.17) is 64.3 Å². The van der Waals surface area contributed by atoms with Crippen LogP contribution in [0.25, 0.3) is 11.3 Å². The van der Waals surface area contributed by atoms with Gasteiger partial charge in [0.1, 0.15) is 17.1 Å². The molecule has 0 aliphatic carbocycles. The number of nitrogens with one attached hydrogen (secondary N) is 1. The van der Waals surface area contributed by atoms with Crippen molar-refractivity contribution < 1.29 is 66.0 Å². The number of carbonyl (C=O) groups is 3. The van der Waals surface area contributed by atoms with Gasteiger partial charge in [0.15, 0.2) is 11.4 Å². The molecular formula is C26H26BrCl3F4N3O10P. The highest BCUT2D eigenvalue weighted by atomic mass is 79.9. The van der Waals surface area contributed by atoms with E-state index in [0.29, 0.717) is 4.68 Å². The number of alkyl halides is 3. The summed E-state index contributed by atoms with van der Waals surface area (Å²) in [5.74, 6) is -3.96. The van der Waals surface area contributed by atoms with E-state index in [2.05, 4.69) is 26.3 Å². The Kier molecular flexibility index (Phi) is 16.3. The minimum atomic E-state index is -4.69. The standard InChI is InChI=1S/C15H12BrClF4N2O2.C8H6Cl2O3.C3H8NO5P/c1-6(2)25-14(24)7-4-8(10(18)5-9(7)17)12-11(16)13(15(19,20)21)23(3)22-12;1-13-7-5(10)3-2-4(9)6(7)8(11)12;5-3(6)1-4-2-10(7,8)9/h4-6H,1-3H3;2-3H,1H3,(H,11,12);4H,1-2H2,(H,5,6)(H2,7,8,9). The average Bonchev–Trinajstić information content (AvgIpc) is 3.22. The molecule has 1 heterocycles. The number of hydrogen-bond acceptors (Lipinski definition) is 8. The van der Waals surface area contributed by atoms with E-state index in [1.807, 2.05) is 0 Å². The maximum Gasteiger partial charge on any atom is 0.434 e. The number of aryl methyl sites for hydroxylation is 1. The van der Waals surface area contributed by atoms with Crippen molar-refractivity contribution in [2.24, 2.45) is 7.05 Å². The average molecular weight is 834 g/mol. The van der Waals surface area contributed by atoms with Gasteiger partial charge in [-0.15, -0.1) is 0 Å². The minimum Gasteiger partial charge on any atom is -0.494 e. The molecule has 0 atom stereocenters. The van der Waals surface area contributed by atoms with Gasteiger partial charge in [-0.3, -0.25) is 19.4 Å². The van der Waals surface area contributed by atoms with Gasteiger partial charge in [-0.1, -0.05) is 34.8 Å². The van der Waals surface area contributed by atoms with Gasteiger partial charge < -0.3 is 29.5 Å². The van der Waals surface area contributed by atoms with Crippen LogP contribution in [0.5, 0.6) is 5.75 Å². The number of carboxylic acids is 2. The summed E-state index contributed by atoms with van der Waals surface area (Å²) in [6, 6.07) is 4.75. The van der Waals surface area contributed by atoms with Crippen LogP contribution in [0.2, 0.25) is 15.1 Å². The number of nitrogens with zero attached hydrogens (tertiary/aromatic N) is 2. The number of esters is 1. The quantitative estimate of drug-likeness (QED) is 0.0868. The summed E-state index contributed by atoms with van der Waals surface area (Å²) in [4.78, 5) is 48.9. The third kappa shape index (κ3) is 12.8. The molecule has 1 aromatic heterocycles. The summed E-state index contributed by atoms with van der Waals surface area (Å²) >= 11 is 20.0. The number of carbonyl (C=O) groups excluding carboxylic acids is 1. The number of halogens is 8. The zero-order chi connectivity index (χ0) is 37.3. The van der Waals surface area contributed by atoms with Gasteiger partial charge in [-0.05, 0) is 54.0 Å². The van der Waals surface area contributed by atoms with Crippen LogP contribution in [-0.4, -0.2) is 73.7 Å². The van der Waals surface area contributed by atoms with E-state index >= 15 is 0 Å². The Morgan fingerprint density at radius 2 is 1.65 bits per heavy atom. The van der Waals surface area contributed by atoms with Gasteiger partial charge in [-0.2, -0.15) is 18.3 Å². The van der Waals surface area contributed by atoms with Gasteiger partial charge in [-0.25, -0.2) is 14.0 Å². The fourth-order valence-corrected chi connectivity index (χ4v) is 5.25. The summed E-state index contributed by atoms with van der Waals surface area (Å²) in [5, 5.41) is 22.7. The van der Waals surface area contributed by atoms with Crippen LogP contribution in [-0.2, 0) is 27.3 Å². The van der Waals surface area contributed by atoms with Crippen LogP contribution in [0, 0.1) is 5.82 Å². The number of rotatable bonds is 9. The SMILES string of the molecule is CC(C)OC(=O)c1cc(-c2nn(C)c(C(F)(F)F)c2Br)c(F)cc1Cl.COc1c(Cl)ccc(Cl)c1C(=O)O.O=C(O)CNCP(=O)(O)O. The molecule has 3 rings (SSSR count). The van der Waals surface area contributed by atoms with Gasteiger partial charge >= 0.3 is 31.7 Å². The fraction of sp³-hybridized carbons (Fsp3) is 0.308. The van der Waals surface area contributed by atoms with Crippen molar-refractivity contribution in [2.75, 3.05) is 19.9 Å². The molecule has 266 valence electrons. The second-order valence-electron chi connectivity index (χ2n) is 9.28. The Balaban J connectivity index is 0.000000417. The fourth-order valence-electron chi connectivity index (χ4n) is 3.38. The zero-order valence-electron chi connectivity index (χ0n) is 24.9. The molecule has 0 amide bonds. The topological polar surface area (TPSA) is 198 Å². The van der Waals surface area contributed by atoms with Gasteiger partial charge in [0, 0.05) is 12.6 Å². The predicted molar refractivity (Wildman–Crippen MR) is 169 cm³/mol. The van der Waals surface area contributed by atoms with Crippen molar-refractivity contribution in [1.29, 1.82) is 0 Å². The molecule has 0 bridgehead atoms. The van der Waals surface area contributed by atoms with Crippen molar-refractivity contribution in [2.45, 2.75) is 26.1 Å². The largest absolute Gasteiger partial charge is 0.494 e. The molecule has 0 radical (unpaired) electrons. The Bertz CT molecular complexity index is 1700. The van der Waals surface area contributed by atoms with Crippen molar-refractivity contribution in [3.63, 3.8) is 0 Å². The highest BCUT2D eigenvalue weighted by molar-refractivity contribution is 9.10. The zero-order valence-corrected chi connectivity index (χ0v) is 29.7. The van der Waals surface area contributed by atoms with Crippen molar-refractivity contribution in [3.05, 3.63) is 66.4 Å². The van der Waals surface area contributed by atoms with Crippen LogP contribution in [0.4, 0.5) is 17.6 Å².